The number of carbonyl (C=O) groups is 1. The minimum atomic E-state index is -0.420. The highest BCUT2D eigenvalue weighted by atomic mass is 16.5. The quantitative estimate of drug-likeness (QED) is 0.592. The zero-order valence-corrected chi connectivity index (χ0v) is 15.2. The van der Waals surface area contributed by atoms with Crippen molar-refractivity contribution in [1.29, 1.82) is 0 Å². The predicted molar refractivity (Wildman–Crippen MR) is 96.1 cm³/mol. The molecule has 4 rings (SSSR count). The van der Waals surface area contributed by atoms with Crippen LogP contribution in [0.4, 0.5) is 0 Å². The van der Waals surface area contributed by atoms with E-state index in [1.54, 1.807) is 6.08 Å². The molecule has 0 aromatic heterocycles. The molecule has 2 aliphatic carbocycles. The molecule has 0 spiro atoms. The van der Waals surface area contributed by atoms with E-state index in [9.17, 15) is 4.79 Å². The van der Waals surface area contributed by atoms with Gasteiger partial charge in [0.15, 0.2) is 0 Å². The second-order valence-electron chi connectivity index (χ2n) is 8.01. The molecule has 0 unspecified atom stereocenters. The number of esters is 1. The number of nitrogens with zero attached hydrogens (tertiary/aromatic N) is 2. The van der Waals surface area contributed by atoms with Gasteiger partial charge in [-0.15, -0.1) is 0 Å². The van der Waals surface area contributed by atoms with Crippen molar-refractivity contribution in [3.05, 3.63) is 48.0 Å². The van der Waals surface area contributed by atoms with Crippen molar-refractivity contribution >= 4 is 5.97 Å². The van der Waals surface area contributed by atoms with Gasteiger partial charge in [-0.25, -0.2) is 4.79 Å². The van der Waals surface area contributed by atoms with Gasteiger partial charge >= 0.3 is 5.97 Å². The highest BCUT2D eigenvalue weighted by Gasteiger charge is 2.76. The average Bonchev–Trinajstić information content (AvgIpc) is 3.22. The minimum absolute atomic E-state index is 0.180. The monoisotopic (exact) mass is 338 g/mol. The number of fused-ring (bicyclic) bond motifs is 5. The molecule has 0 radical (unpaired) electrons. The standard InChI is InChI=1S/C21H26N2O2/c1-4-25-18(24)13-14-20-16-11-8-12-17(16)21(23-22-20,19(20,2)3)15-9-6-5-7-10-15/h5-7,9-10,13-14,16-17H,4,8,11-12H2,1-3H3/b14-13+/t16-,17+,20-,21+/m1/s1. The van der Waals surface area contributed by atoms with Crippen LogP contribution in [0.1, 0.15) is 45.6 Å². The number of hydrogen-bond donors (Lipinski definition) is 0. The first-order chi connectivity index (χ1) is 12.0. The van der Waals surface area contributed by atoms with Crippen molar-refractivity contribution in [2.24, 2.45) is 27.5 Å². The Hall–Kier alpha value is -1.97. The molecule has 2 fully saturated rings. The number of carbonyl (C=O) groups excluding carboxylic acids is 1. The molecule has 1 heterocycles. The molecule has 132 valence electrons. The maximum absolute atomic E-state index is 11.9. The van der Waals surface area contributed by atoms with Crippen molar-refractivity contribution in [2.75, 3.05) is 6.61 Å². The summed E-state index contributed by atoms with van der Waals surface area (Å²) >= 11 is 0. The van der Waals surface area contributed by atoms with Crippen LogP contribution in [0.2, 0.25) is 0 Å². The van der Waals surface area contributed by atoms with Gasteiger partial charge in [0.2, 0.25) is 0 Å². The second-order valence-corrected chi connectivity index (χ2v) is 8.01. The van der Waals surface area contributed by atoms with Crippen LogP contribution < -0.4 is 0 Å². The van der Waals surface area contributed by atoms with E-state index in [1.165, 1.54) is 18.4 Å². The van der Waals surface area contributed by atoms with Crippen LogP contribution >= 0.6 is 0 Å². The van der Waals surface area contributed by atoms with E-state index in [1.807, 2.05) is 19.1 Å². The van der Waals surface area contributed by atoms with Gasteiger partial charge < -0.3 is 4.74 Å². The molecule has 4 nitrogen and oxygen atoms in total. The van der Waals surface area contributed by atoms with Crippen LogP contribution in [0.15, 0.2) is 52.7 Å². The Morgan fingerprint density at radius 3 is 2.64 bits per heavy atom. The minimum Gasteiger partial charge on any atom is -0.463 e. The molecule has 3 aliphatic rings. The van der Waals surface area contributed by atoms with Gasteiger partial charge in [-0.1, -0.05) is 50.6 Å². The number of rotatable bonds is 4. The van der Waals surface area contributed by atoms with Crippen molar-refractivity contribution < 1.29 is 9.53 Å². The van der Waals surface area contributed by atoms with E-state index in [0.717, 1.165) is 6.42 Å². The van der Waals surface area contributed by atoms with Crippen LogP contribution in [0.25, 0.3) is 0 Å². The van der Waals surface area contributed by atoms with Crippen LogP contribution in [0.5, 0.6) is 0 Å². The molecule has 0 amide bonds. The topological polar surface area (TPSA) is 51.0 Å². The molecule has 2 saturated carbocycles. The van der Waals surface area contributed by atoms with Gasteiger partial charge in [0.1, 0.15) is 11.1 Å². The molecule has 4 atom stereocenters. The summed E-state index contributed by atoms with van der Waals surface area (Å²) in [7, 11) is 0. The molecule has 1 aromatic carbocycles. The summed E-state index contributed by atoms with van der Waals surface area (Å²) in [6.07, 6.45) is 7.10. The summed E-state index contributed by atoms with van der Waals surface area (Å²) in [6.45, 7) is 6.76. The van der Waals surface area contributed by atoms with Gasteiger partial charge in [0.25, 0.3) is 0 Å². The van der Waals surface area contributed by atoms with E-state index in [2.05, 4.69) is 38.1 Å². The molecule has 0 N–H and O–H groups in total. The Morgan fingerprint density at radius 1 is 1.20 bits per heavy atom. The van der Waals surface area contributed by atoms with Gasteiger partial charge in [-0.05, 0) is 43.2 Å². The Labute approximate surface area is 149 Å². The largest absolute Gasteiger partial charge is 0.463 e. The third-order valence-corrected chi connectivity index (χ3v) is 6.92. The van der Waals surface area contributed by atoms with Crippen molar-refractivity contribution in [2.45, 2.75) is 51.1 Å². The maximum atomic E-state index is 11.9. The molecular weight excluding hydrogens is 312 g/mol. The Balaban J connectivity index is 1.83. The zero-order chi connectivity index (χ0) is 17.7. The normalized spacial score (nSPS) is 37.6. The summed E-state index contributed by atoms with van der Waals surface area (Å²) in [6, 6.07) is 10.6. The van der Waals surface area contributed by atoms with E-state index in [-0.39, 0.29) is 16.9 Å². The molecular formula is C21H26N2O2. The molecule has 2 bridgehead atoms. The van der Waals surface area contributed by atoms with Gasteiger partial charge in [0.05, 0.1) is 6.61 Å². The summed E-state index contributed by atoms with van der Waals surface area (Å²) < 4.78 is 5.10. The van der Waals surface area contributed by atoms with Crippen molar-refractivity contribution in [3.63, 3.8) is 0 Å². The molecule has 0 saturated heterocycles. The second kappa shape index (κ2) is 5.52. The predicted octanol–water partition coefficient (Wildman–Crippen LogP) is 4.66. The lowest BCUT2D eigenvalue weighted by atomic mass is 9.63. The molecule has 1 aliphatic heterocycles. The maximum Gasteiger partial charge on any atom is 0.330 e. The first-order valence-corrected chi connectivity index (χ1v) is 9.35. The lowest BCUT2D eigenvalue weighted by Crippen LogP contribution is -2.45. The van der Waals surface area contributed by atoms with E-state index in [4.69, 9.17) is 15.0 Å². The van der Waals surface area contributed by atoms with Crippen LogP contribution in [0.3, 0.4) is 0 Å². The SMILES string of the molecule is CCOC(=O)/C=C/[C@@]12N=N[C@@](c3ccccc3)([C@H]3CCC[C@H]31)C2(C)C. The summed E-state index contributed by atoms with van der Waals surface area (Å²) in [5.41, 5.74) is 0.357. The first-order valence-electron chi connectivity index (χ1n) is 9.35. The highest BCUT2D eigenvalue weighted by Crippen LogP contribution is 2.74. The van der Waals surface area contributed by atoms with Gasteiger partial charge in [-0.3, -0.25) is 0 Å². The average molecular weight is 338 g/mol. The number of hydrogen-bond acceptors (Lipinski definition) is 4. The first kappa shape index (κ1) is 16.5. The highest BCUT2D eigenvalue weighted by molar-refractivity contribution is 5.82. The molecule has 1 aromatic rings. The Morgan fingerprint density at radius 2 is 1.92 bits per heavy atom. The summed E-state index contributed by atoms with van der Waals surface area (Å²) in [5, 5.41) is 9.76. The lowest BCUT2D eigenvalue weighted by Gasteiger charge is -2.40. The van der Waals surface area contributed by atoms with Crippen molar-refractivity contribution in [3.8, 4) is 0 Å². The molecule has 4 heteroatoms. The third kappa shape index (κ3) is 1.91. The van der Waals surface area contributed by atoms with Crippen LogP contribution in [-0.4, -0.2) is 18.1 Å². The van der Waals surface area contributed by atoms with E-state index >= 15 is 0 Å². The smallest absolute Gasteiger partial charge is 0.330 e. The Kier molecular flexibility index (Phi) is 3.64. The number of azo groups is 1. The Bertz CT molecular complexity index is 740. The van der Waals surface area contributed by atoms with Gasteiger partial charge in [-0.2, -0.15) is 10.2 Å². The van der Waals surface area contributed by atoms with Crippen LogP contribution in [0, 0.1) is 17.3 Å². The zero-order valence-electron chi connectivity index (χ0n) is 15.2. The number of benzene rings is 1. The summed E-state index contributed by atoms with van der Waals surface area (Å²) in [5.74, 6) is 0.627. The fourth-order valence-corrected chi connectivity index (χ4v) is 5.85. The van der Waals surface area contributed by atoms with Crippen LogP contribution in [-0.2, 0) is 15.1 Å². The fraction of sp³-hybridized carbons (Fsp3) is 0.571. The third-order valence-electron chi connectivity index (χ3n) is 6.92. The summed E-state index contributed by atoms with van der Waals surface area (Å²) in [4.78, 5) is 11.9. The lowest BCUT2D eigenvalue weighted by molar-refractivity contribution is -0.137. The van der Waals surface area contributed by atoms with E-state index < -0.39 is 5.54 Å². The van der Waals surface area contributed by atoms with Gasteiger partial charge in [0, 0.05) is 11.5 Å². The number of ether oxygens (including phenoxy) is 1. The fourth-order valence-electron chi connectivity index (χ4n) is 5.85. The van der Waals surface area contributed by atoms with Crippen molar-refractivity contribution in [1.82, 2.24) is 0 Å². The molecule has 25 heavy (non-hydrogen) atoms. The van der Waals surface area contributed by atoms with E-state index in [0.29, 0.717) is 18.4 Å².